The minimum absolute atomic E-state index is 0.180. The highest BCUT2D eigenvalue weighted by Gasteiger charge is 2.16. The Kier molecular flexibility index (Phi) is 5.29. The van der Waals surface area contributed by atoms with Crippen molar-refractivity contribution in [2.75, 3.05) is 26.2 Å². The molecule has 1 aliphatic heterocycles. The van der Waals surface area contributed by atoms with Gasteiger partial charge in [-0.05, 0) is 48.8 Å². The van der Waals surface area contributed by atoms with Gasteiger partial charge in [0, 0.05) is 39.4 Å². The molecule has 3 rings (SSSR count). The predicted octanol–water partition coefficient (Wildman–Crippen LogP) is 2.74. The second-order valence-corrected chi connectivity index (χ2v) is 6.49. The summed E-state index contributed by atoms with van der Waals surface area (Å²) in [5.41, 5.74) is 3.06. The highest BCUT2D eigenvalue weighted by atomic mass is 19.1. The largest absolute Gasteiger partial charge is 0.342 e. The topological polar surface area (TPSA) is 35.2 Å². The first-order valence-corrected chi connectivity index (χ1v) is 8.38. The smallest absolute Gasteiger partial charge is 0.123 e. The van der Waals surface area contributed by atoms with E-state index in [-0.39, 0.29) is 5.82 Å². The standard InChI is InChI=1S/C19H23FN4/c1-22-13-17(11-19(22)12-21)15-24-8-2-7-23(9-10-24)14-16-3-5-18(20)6-4-16/h3-6,11,13H,2,7-10,14-15H2,1H3. The minimum atomic E-state index is -0.180. The molecule has 0 bridgehead atoms. The van der Waals surface area contributed by atoms with Crippen molar-refractivity contribution in [2.24, 2.45) is 7.05 Å². The summed E-state index contributed by atoms with van der Waals surface area (Å²) in [6, 6.07) is 11.0. The first-order valence-electron chi connectivity index (χ1n) is 8.38. The molecular formula is C19H23FN4. The maximum atomic E-state index is 13.0. The highest BCUT2D eigenvalue weighted by Crippen LogP contribution is 2.14. The quantitative estimate of drug-likeness (QED) is 0.867. The summed E-state index contributed by atoms with van der Waals surface area (Å²) in [5.74, 6) is -0.180. The van der Waals surface area contributed by atoms with Crippen LogP contribution in [0.1, 0.15) is 23.2 Å². The number of halogens is 1. The zero-order valence-electron chi connectivity index (χ0n) is 14.1. The predicted molar refractivity (Wildman–Crippen MR) is 91.7 cm³/mol. The van der Waals surface area contributed by atoms with Crippen LogP contribution in [0.4, 0.5) is 4.39 Å². The van der Waals surface area contributed by atoms with Crippen LogP contribution in [0, 0.1) is 17.1 Å². The molecule has 1 fully saturated rings. The van der Waals surface area contributed by atoms with E-state index >= 15 is 0 Å². The van der Waals surface area contributed by atoms with Crippen molar-refractivity contribution >= 4 is 0 Å². The van der Waals surface area contributed by atoms with Crippen LogP contribution in [0.25, 0.3) is 0 Å². The SMILES string of the molecule is Cn1cc(CN2CCCN(Cc3ccc(F)cc3)CC2)cc1C#N. The van der Waals surface area contributed by atoms with E-state index in [9.17, 15) is 4.39 Å². The number of benzene rings is 1. The van der Waals surface area contributed by atoms with Gasteiger partial charge in [-0.2, -0.15) is 5.26 Å². The molecule has 24 heavy (non-hydrogen) atoms. The first kappa shape index (κ1) is 16.7. The lowest BCUT2D eigenvalue weighted by Gasteiger charge is -2.21. The monoisotopic (exact) mass is 326 g/mol. The fourth-order valence-electron chi connectivity index (χ4n) is 3.28. The van der Waals surface area contributed by atoms with Crippen molar-refractivity contribution in [3.63, 3.8) is 0 Å². The van der Waals surface area contributed by atoms with E-state index in [1.54, 1.807) is 0 Å². The number of aryl methyl sites for hydroxylation is 1. The van der Waals surface area contributed by atoms with Crippen LogP contribution in [0.15, 0.2) is 36.5 Å². The maximum absolute atomic E-state index is 13.0. The Bertz CT molecular complexity index is 714. The van der Waals surface area contributed by atoms with Crippen LogP contribution in [-0.4, -0.2) is 40.5 Å². The van der Waals surface area contributed by atoms with Gasteiger partial charge in [0.1, 0.15) is 17.6 Å². The molecule has 0 amide bonds. The lowest BCUT2D eigenvalue weighted by Crippen LogP contribution is -2.30. The molecule has 5 heteroatoms. The third-order valence-electron chi connectivity index (χ3n) is 4.58. The molecule has 1 aliphatic rings. The van der Waals surface area contributed by atoms with Crippen molar-refractivity contribution in [3.05, 3.63) is 59.2 Å². The van der Waals surface area contributed by atoms with Gasteiger partial charge in [-0.15, -0.1) is 0 Å². The van der Waals surface area contributed by atoms with Crippen molar-refractivity contribution in [1.29, 1.82) is 5.26 Å². The van der Waals surface area contributed by atoms with Gasteiger partial charge in [0.15, 0.2) is 0 Å². The number of nitriles is 1. The van der Waals surface area contributed by atoms with E-state index in [0.717, 1.165) is 51.3 Å². The minimum Gasteiger partial charge on any atom is -0.342 e. The highest BCUT2D eigenvalue weighted by molar-refractivity contribution is 5.28. The summed E-state index contributed by atoms with van der Waals surface area (Å²) in [5, 5.41) is 9.06. The number of nitrogens with zero attached hydrogens (tertiary/aromatic N) is 4. The summed E-state index contributed by atoms with van der Waals surface area (Å²) in [6.07, 6.45) is 3.17. The van der Waals surface area contributed by atoms with Crippen LogP contribution < -0.4 is 0 Å². The molecular weight excluding hydrogens is 303 g/mol. The van der Waals surface area contributed by atoms with Gasteiger partial charge >= 0.3 is 0 Å². The second kappa shape index (κ2) is 7.61. The van der Waals surface area contributed by atoms with Crippen LogP contribution in [0.5, 0.6) is 0 Å². The van der Waals surface area contributed by atoms with Crippen molar-refractivity contribution in [1.82, 2.24) is 14.4 Å². The Labute approximate surface area is 142 Å². The Morgan fingerprint density at radius 1 is 1.00 bits per heavy atom. The maximum Gasteiger partial charge on any atom is 0.123 e. The average molecular weight is 326 g/mol. The molecule has 1 aromatic carbocycles. The van der Waals surface area contributed by atoms with E-state index in [1.165, 1.54) is 17.7 Å². The summed E-state index contributed by atoms with van der Waals surface area (Å²) >= 11 is 0. The number of hydrogen-bond donors (Lipinski definition) is 0. The Morgan fingerprint density at radius 3 is 2.21 bits per heavy atom. The zero-order valence-corrected chi connectivity index (χ0v) is 14.1. The molecule has 0 radical (unpaired) electrons. The summed E-state index contributed by atoms with van der Waals surface area (Å²) < 4.78 is 14.9. The Hall–Kier alpha value is -2.16. The summed E-state index contributed by atoms with van der Waals surface area (Å²) in [7, 11) is 1.91. The molecule has 0 spiro atoms. The molecule has 2 aromatic rings. The molecule has 126 valence electrons. The fraction of sp³-hybridized carbons (Fsp3) is 0.421. The van der Waals surface area contributed by atoms with Crippen LogP contribution in [0.2, 0.25) is 0 Å². The summed E-state index contributed by atoms with van der Waals surface area (Å²) in [4.78, 5) is 4.88. The van der Waals surface area contributed by atoms with E-state index in [2.05, 4.69) is 15.9 Å². The lowest BCUT2D eigenvalue weighted by molar-refractivity contribution is 0.247. The molecule has 0 unspecified atom stereocenters. The van der Waals surface area contributed by atoms with E-state index < -0.39 is 0 Å². The van der Waals surface area contributed by atoms with Gasteiger partial charge in [0.05, 0.1) is 0 Å². The van der Waals surface area contributed by atoms with E-state index in [4.69, 9.17) is 5.26 Å². The van der Waals surface area contributed by atoms with E-state index in [1.807, 2.05) is 36.0 Å². The Morgan fingerprint density at radius 2 is 1.62 bits per heavy atom. The van der Waals surface area contributed by atoms with Gasteiger partial charge in [-0.3, -0.25) is 9.80 Å². The average Bonchev–Trinajstić information content (AvgIpc) is 2.78. The van der Waals surface area contributed by atoms with Crippen LogP contribution in [0.3, 0.4) is 0 Å². The molecule has 1 saturated heterocycles. The molecule has 0 saturated carbocycles. The normalized spacial score (nSPS) is 16.7. The molecule has 4 nitrogen and oxygen atoms in total. The van der Waals surface area contributed by atoms with E-state index in [0.29, 0.717) is 5.69 Å². The molecule has 2 heterocycles. The van der Waals surface area contributed by atoms with Crippen molar-refractivity contribution in [3.8, 4) is 6.07 Å². The second-order valence-electron chi connectivity index (χ2n) is 6.49. The number of hydrogen-bond acceptors (Lipinski definition) is 3. The first-order chi connectivity index (χ1) is 11.6. The van der Waals surface area contributed by atoms with Gasteiger partial charge < -0.3 is 4.57 Å². The van der Waals surface area contributed by atoms with Gasteiger partial charge in [-0.1, -0.05) is 12.1 Å². The molecule has 0 atom stereocenters. The zero-order chi connectivity index (χ0) is 16.9. The lowest BCUT2D eigenvalue weighted by atomic mass is 10.2. The van der Waals surface area contributed by atoms with Crippen molar-refractivity contribution < 1.29 is 4.39 Å². The number of aromatic nitrogens is 1. The van der Waals surface area contributed by atoms with Gasteiger partial charge in [-0.25, -0.2) is 4.39 Å². The van der Waals surface area contributed by atoms with Crippen LogP contribution >= 0.6 is 0 Å². The summed E-state index contributed by atoms with van der Waals surface area (Å²) in [6.45, 7) is 5.91. The fourth-order valence-corrected chi connectivity index (χ4v) is 3.28. The third-order valence-corrected chi connectivity index (χ3v) is 4.58. The number of rotatable bonds is 4. The van der Waals surface area contributed by atoms with Crippen molar-refractivity contribution in [2.45, 2.75) is 19.5 Å². The Balaban J connectivity index is 1.54. The molecule has 0 aliphatic carbocycles. The third kappa shape index (κ3) is 4.22. The molecule has 0 N–H and O–H groups in total. The molecule has 1 aromatic heterocycles. The van der Waals surface area contributed by atoms with Gasteiger partial charge in [0.2, 0.25) is 0 Å². The van der Waals surface area contributed by atoms with Gasteiger partial charge in [0.25, 0.3) is 0 Å². The van der Waals surface area contributed by atoms with Crippen LogP contribution in [-0.2, 0) is 20.1 Å².